The standard InChI is InChI=1S/C12H24OS/c1-12(2,10-14)9-13-11-7-5-3-4-6-8-11/h11,14H,3-10H2,1-2H3. The number of ether oxygens (including phenoxy) is 1. The molecule has 0 heterocycles. The summed E-state index contributed by atoms with van der Waals surface area (Å²) in [5.41, 5.74) is 0.232. The molecule has 0 spiro atoms. The fourth-order valence-corrected chi connectivity index (χ4v) is 1.89. The average molecular weight is 216 g/mol. The highest BCUT2D eigenvalue weighted by atomic mass is 32.1. The van der Waals surface area contributed by atoms with Crippen LogP contribution >= 0.6 is 12.6 Å². The molecule has 1 fully saturated rings. The predicted molar refractivity (Wildman–Crippen MR) is 65.1 cm³/mol. The van der Waals surface area contributed by atoms with Crippen molar-refractivity contribution in [1.29, 1.82) is 0 Å². The van der Waals surface area contributed by atoms with Crippen LogP contribution in [-0.4, -0.2) is 18.5 Å². The van der Waals surface area contributed by atoms with Crippen LogP contribution in [0.2, 0.25) is 0 Å². The van der Waals surface area contributed by atoms with E-state index in [0.29, 0.717) is 6.10 Å². The third-order valence-electron chi connectivity index (χ3n) is 2.94. The molecule has 0 atom stereocenters. The van der Waals surface area contributed by atoms with E-state index in [0.717, 1.165) is 12.4 Å². The van der Waals surface area contributed by atoms with Crippen LogP contribution in [0.15, 0.2) is 0 Å². The molecule has 0 aromatic heterocycles. The van der Waals surface area contributed by atoms with E-state index in [1.54, 1.807) is 0 Å². The Morgan fingerprint density at radius 1 is 1.14 bits per heavy atom. The monoisotopic (exact) mass is 216 g/mol. The maximum atomic E-state index is 5.97. The second-order valence-corrected chi connectivity index (χ2v) is 5.56. The van der Waals surface area contributed by atoms with E-state index < -0.39 is 0 Å². The van der Waals surface area contributed by atoms with Crippen molar-refractivity contribution < 1.29 is 4.74 Å². The molecular weight excluding hydrogens is 192 g/mol. The summed E-state index contributed by atoms with van der Waals surface area (Å²) in [6.07, 6.45) is 8.56. The largest absolute Gasteiger partial charge is 0.378 e. The van der Waals surface area contributed by atoms with E-state index in [1.807, 2.05) is 0 Å². The van der Waals surface area contributed by atoms with Crippen molar-refractivity contribution in [2.24, 2.45) is 5.41 Å². The first-order valence-corrected chi connectivity index (χ1v) is 6.50. The number of hydrogen-bond acceptors (Lipinski definition) is 2. The van der Waals surface area contributed by atoms with Crippen molar-refractivity contribution in [3.63, 3.8) is 0 Å². The molecular formula is C12H24OS. The molecule has 1 nitrogen and oxygen atoms in total. The van der Waals surface area contributed by atoms with Crippen LogP contribution in [0.25, 0.3) is 0 Å². The molecule has 14 heavy (non-hydrogen) atoms. The van der Waals surface area contributed by atoms with Crippen molar-refractivity contribution in [3.05, 3.63) is 0 Å². The van der Waals surface area contributed by atoms with Crippen LogP contribution < -0.4 is 0 Å². The molecule has 0 amide bonds. The zero-order chi connectivity index (χ0) is 10.4. The average Bonchev–Trinajstić information content (AvgIpc) is 2.43. The summed E-state index contributed by atoms with van der Waals surface area (Å²) in [7, 11) is 0. The molecule has 1 aliphatic carbocycles. The van der Waals surface area contributed by atoms with Gasteiger partial charge in [-0.15, -0.1) is 0 Å². The Labute approximate surface area is 94.0 Å². The van der Waals surface area contributed by atoms with Gasteiger partial charge in [0.05, 0.1) is 12.7 Å². The third kappa shape index (κ3) is 4.70. The molecule has 0 bridgehead atoms. The molecule has 0 radical (unpaired) electrons. The summed E-state index contributed by atoms with van der Waals surface area (Å²) in [6.45, 7) is 5.30. The van der Waals surface area contributed by atoms with Gasteiger partial charge in [-0.25, -0.2) is 0 Å². The lowest BCUT2D eigenvalue weighted by molar-refractivity contribution is 0.00289. The summed E-state index contributed by atoms with van der Waals surface area (Å²) in [6, 6.07) is 0. The molecule has 0 aromatic rings. The van der Waals surface area contributed by atoms with Gasteiger partial charge in [-0.3, -0.25) is 0 Å². The number of thiol groups is 1. The zero-order valence-electron chi connectivity index (χ0n) is 9.59. The molecule has 1 saturated carbocycles. The van der Waals surface area contributed by atoms with Crippen LogP contribution in [0, 0.1) is 5.41 Å². The van der Waals surface area contributed by atoms with Gasteiger partial charge >= 0.3 is 0 Å². The van der Waals surface area contributed by atoms with Crippen molar-refractivity contribution in [1.82, 2.24) is 0 Å². The first kappa shape index (κ1) is 12.4. The van der Waals surface area contributed by atoms with Gasteiger partial charge in [-0.05, 0) is 24.0 Å². The SMILES string of the molecule is CC(C)(CS)COC1CCCCCC1. The van der Waals surface area contributed by atoms with Gasteiger partial charge in [0.15, 0.2) is 0 Å². The first-order chi connectivity index (χ1) is 6.64. The molecule has 84 valence electrons. The molecule has 1 aliphatic rings. The van der Waals surface area contributed by atoms with Gasteiger partial charge in [0, 0.05) is 0 Å². The van der Waals surface area contributed by atoms with E-state index in [1.165, 1.54) is 38.5 Å². The van der Waals surface area contributed by atoms with E-state index in [-0.39, 0.29) is 5.41 Å². The minimum absolute atomic E-state index is 0.232. The topological polar surface area (TPSA) is 9.23 Å². The second kappa shape index (κ2) is 6.02. The van der Waals surface area contributed by atoms with Gasteiger partial charge < -0.3 is 4.74 Å². The predicted octanol–water partition coefficient (Wildman–Crippen LogP) is 3.68. The zero-order valence-corrected chi connectivity index (χ0v) is 10.5. The summed E-state index contributed by atoms with van der Waals surface area (Å²) < 4.78 is 5.97. The Kier molecular flexibility index (Phi) is 5.32. The highest BCUT2D eigenvalue weighted by Crippen LogP contribution is 2.23. The van der Waals surface area contributed by atoms with Crippen molar-refractivity contribution in [2.75, 3.05) is 12.4 Å². The highest BCUT2D eigenvalue weighted by Gasteiger charge is 2.19. The van der Waals surface area contributed by atoms with Gasteiger partial charge in [0.1, 0.15) is 0 Å². The van der Waals surface area contributed by atoms with Crippen LogP contribution in [-0.2, 0) is 4.74 Å². The van der Waals surface area contributed by atoms with Crippen LogP contribution in [0.5, 0.6) is 0 Å². The molecule has 2 heteroatoms. The maximum absolute atomic E-state index is 5.97. The second-order valence-electron chi connectivity index (χ2n) is 5.25. The fourth-order valence-electron chi connectivity index (χ4n) is 1.80. The third-order valence-corrected chi connectivity index (χ3v) is 3.80. The molecule has 0 unspecified atom stereocenters. The Morgan fingerprint density at radius 2 is 1.71 bits per heavy atom. The van der Waals surface area contributed by atoms with Gasteiger partial charge in [0.2, 0.25) is 0 Å². The van der Waals surface area contributed by atoms with E-state index in [9.17, 15) is 0 Å². The lowest BCUT2D eigenvalue weighted by Crippen LogP contribution is -2.25. The highest BCUT2D eigenvalue weighted by molar-refractivity contribution is 7.80. The van der Waals surface area contributed by atoms with Crippen molar-refractivity contribution in [2.45, 2.75) is 58.5 Å². The van der Waals surface area contributed by atoms with E-state index in [4.69, 9.17) is 4.74 Å². The Balaban J connectivity index is 2.22. The Morgan fingerprint density at radius 3 is 2.21 bits per heavy atom. The Hall–Kier alpha value is 0.310. The summed E-state index contributed by atoms with van der Waals surface area (Å²) in [5, 5.41) is 0. The van der Waals surface area contributed by atoms with Crippen molar-refractivity contribution in [3.8, 4) is 0 Å². The summed E-state index contributed by atoms with van der Waals surface area (Å²) >= 11 is 4.34. The summed E-state index contributed by atoms with van der Waals surface area (Å²) in [4.78, 5) is 0. The maximum Gasteiger partial charge on any atom is 0.0575 e. The van der Waals surface area contributed by atoms with Gasteiger partial charge in [0.25, 0.3) is 0 Å². The first-order valence-electron chi connectivity index (χ1n) is 5.86. The Bertz CT molecular complexity index is 148. The van der Waals surface area contributed by atoms with Gasteiger partial charge in [-0.2, -0.15) is 12.6 Å². The minimum atomic E-state index is 0.232. The molecule has 1 rings (SSSR count). The van der Waals surface area contributed by atoms with Crippen LogP contribution in [0.1, 0.15) is 52.4 Å². The molecule has 0 N–H and O–H groups in total. The molecule has 0 aromatic carbocycles. The summed E-state index contributed by atoms with van der Waals surface area (Å²) in [5.74, 6) is 0.902. The normalized spacial score (nSPS) is 20.8. The van der Waals surface area contributed by atoms with E-state index >= 15 is 0 Å². The molecule has 0 aliphatic heterocycles. The van der Waals surface area contributed by atoms with Crippen LogP contribution in [0.4, 0.5) is 0 Å². The number of rotatable bonds is 4. The number of hydrogen-bond donors (Lipinski definition) is 1. The lowest BCUT2D eigenvalue weighted by atomic mass is 9.98. The van der Waals surface area contributed by atoms with Crippen LogP contribution in [0.3, 0.4) is 0 Å². The molecule has 0 saturated heterocycles. The van der Waals surface area contributed by atoms with Gasteiger partial charge in [-0.1, -0.05) is 39.5 Å². The fraction of sp³-hybridized carbons (Fsp3) is 1.00. The van der Waals surface area contributed by atoms with E-state index in [2.05, 4.69) is 26.5 Å². The quantitative estimate of drug-likeness (QED) is 0.557. The van der Waals surface area contributed by atoms with Crippen molar-refractivity contribution >= 4 is 12.6 Å². The smallest absolute Gasteiger partial charge is 0.0575 e. The minimum Gasteiger partial charge on any atom is -0.378 e. The lowest BCUT2D eigenvalue weighted by Gasteiger charge is -2.25.